The highest BCUT2D eigenvalue weighted by Crippen LogP contribution is 2.52. The molecule has 10 nitrogen and oxygen atoms in total. The lowest BCUT2D eigenvalue weighted by molar-refractivity contribution is -0.247. The van der Waals surface area contributed by atoms with Crippen molar-refractivity contribution < 1.29 is 44.3 Å². The Bertz CT molecular complexity index is 1290. The summed E-state index contributed by atoms with van der Waals surface area (Å²) in [5.74, 6) is -3.28. The van der Waals surface area contributed by atoms with Crippen LogP contribution in [0, 0.1) is 0 Å². The summed E-state index contributed by atoms with van der Waals surface area (Å²) in [6, 6.07) is 5.43. The van der Waals surface area contributed by atoms with E-state index in [-0.39, 0.29) is 52.6 Å². The van der Waals surface area contributed by atoms with Crippen molar-refractivity contribution >= 4 is 17.3 Å². The van der Waals surface area contributed by atoms with Crippen LogP contribution in [0.4, 0.5) is 0 Å². The highest BCUT2D eigenvalue weighted by molar-refractivity contribution is 6.30. The number of aromatic hydroxyl groups is 2. The van der Waals surface area contributed by atoms with Crippen LogP contribution in [0.25, 0.3) is 0 Å². The molecule has 0 radical (unpaired) electrons. The Kier molecular flexibility index (Phi) is 5.77. The molecule has 6 N–H and O–H groups in total. The van der Waals surface area contributed by atoms with Gasteiger partial charge in [-0.3, -0.25) is 14.4 Å². The maximum Gasteiger partial charge on any atom is 0.198 e. The first-order valence-electron chi connectivity index (χ1n) is 11.7. The third-order valence-electron chi connectivity index (χ3n) is 7.50. The second kappa shape index (κ2) is 8.46. The maximum atomic E-state index is 13.6. The fraction of sp³-hybridized carbons (Fsp3) is 0.423. The predicted octanol–water partition coefficient (Wildman–Crippen LogP) is 1.02. The summed E-state index contributed by atoms with van der Waals surface area (Å²) in [7, 11) is 0. The molecule has 1 heterocycles. The molecule has 0 bridgehead atoms. The van der Waals surface area contributed by atoms with Gasteiger partial charge in [0.1, 0.15) is 5.60 Å². The Morgan fingerprint density at radius 3 is 2.31 bits per heavy atom. The molecule has 0 amide bonds. The minimum atomic E-state index is -1.98. The first kappa shape index (κ1) is 24.5. The van der Waals surface area contributed by atoms with Crippen molar-refractivity contribution in [1.29, 1.82) is 0 Å². The molecule has 2 aromatic rings. The Morgan fingerprint density at radius 2 is 1.72 bits per heavy atom. The quantitative estimate of drug-likeness (QED) is 0.328. The van der Waals surface area contributed by atoms with Crippen LogP contribution in [0.2, 0.25) is 0 Å². The van der Waals surface area contributed by atoms with Crippen LogP contribution in [0.1, 0.15) is 75.8 Å². The zero-order chi connectivity index (χ0) is 26.1. The number of phenolic OH excluding ortho intramolecular Hbond substituents is 2. The number of aliphatic hydroxyl groups is 2. The molecule has 3 aliphatic rings. The van der Waals surface area contributed by atoms with Gasteiger partial charge in [-0.15, -0.1) is 0 Å². The molecule has 5 rings (SSSR count). The van der Waals surface area contributed by atoms with E-state index in [1.54, 1.807) is 19.1 Å². The molecule has 190 valence electrons. The number of fused-ring (bicyclic) bond motifs is 4. The lowest BCUT2D eigenvalue weighted by atomic mass is 9.70. The smallest absolute Gasteiger partial charge is 0.198 e. The molecular formula is C26H27NO9. The van der Waals surface area contributed by atoms with Crippen LogP contribution < -0.4 is 5.73 Å². The van der Waals surface area contributed by atoms with Crippen molar-refractivity contribution in [2.45, 2.75) is 69.4 Å². The summed E-state index contributed by atoms with van der Waals surface area (Å²) in [4.78, 5) is 39.4. The topological polar surface area (TPSA) is 177 Å². The molecule has 0 spiro atoms. The fourth-order valence-electron chi connectivity index (χ4n) is 5.46. The molecule has 0 unspecified atom stereocenters. The van der Waals surface area contributed by atoms with E-state index >= 15 is 0 Å². The van der Waals surface area contributed by atoms with E-state index in [1.807, 2.05) is 0 Å². The van der Waals surface area contributed by atoms with Crippen molar-refractivity contribution in [3.8, 4) is 11.5 Å². The average Bonchev–Trinajstić information content (AvgIpc) is 2.82. The molecular weight excluding hydrogens is 470 g/mol. The van der Waals surface area contributed by atoms with Gasteiger partial charge in [-0.25, -0.2) is 0 Å². The first-order chi connectivity index (χ1) is 16.9. The van der Waals surface area contributed by atoms with Gasteiger partial charge in [0, 0.05) is 47.6 Å². The third kappa shape index (κ3) is 3.56. The second-order valence-electron chi connectivity index (χ2n) is 9.80. The molecule has 6 atom stereocenters. The predicted molar refractivity (Wildman–Crippen MR) is 124 cm³/mol. The summed E-state index contributed by atoms with van der Waals surface area (Å²) < 4.78 is 11.8. The van der Waals surface area contributed by atoms with E-state index < -0.39 is 65.1 Å². The van der Waals surface area contributed by atoms with Gasteiger partial charge in [-0.2, -0.15) is 0 Å². The molecule has 0 saturated carbocycles. The van der Waals surface area contributed by atoms with Crippen molar-refractivity contribution in [3.05, 3.63) is 57.6 Å². The standard InChI is InChI=1S/C26H27NO9/c1-10-21(29)15(27)7-17(35-10)36-16-9-26(34,11(2)28)8-14-18(16)24(32)25(33)20-19(14)22(30)12-5-3-4-6-13(12)23(20)31/h3-6,10,15-17,21,29,32-34H,7-9,27H2,1-2H3/t10-,15-,16+,17-,21+,26+/m0/s1. The van der Waals surface area contributed by atoms with Gasteiger partial charge in [0.2, 0.25) is 0 Å². The number of rotatable bonds is 3. The summed E-state index contributed by atoms with van der Waals surface area (Å²) >= 11 is 0. The molecule has 1 fully saturated rings. The van der Waals surface area contributed by atoms with E-state index in [0.717, 1.165) is 0 Å². The van der Waals surface area contributed by atoms with Crippen molar-refractivity contribution in [3.63, 3.8) is 0 Å². The number of ether oxygens (including phenoxy) is 2. The number of ketones is 3. The number of benzene rings is 2. The highest BCUT2D eigenvalue weighted by Gasteiger charge is 2.49. The summed E-state index contributed by atoms with van der Waals surface area (Å²) in [5.41, 5.74) is 3.70. The zero-order valence-electron chi connectivity index (χ0n) is 19.7. The Labute approximate surface area is 206 Å². The van der Waals surface area contributed by atoms with Crippen molar-refractivity contribution in [2.75, 3.05) is 0 Å². The number of aliphatic hydroxyl groups excluding tert-OH is 1. The van der Waals surface area contributed by atoms with Crippen LogP contribution in [0.5, 0.6) is 11.5 Å². The summed E-state index contributed by atoms with van der Waals surface area (Å²) in [6.45, 7) is 2.81. The van der Waals surface area contributed by atoms with Crippen LogP contribution in [-0.2, 0) is 20.7 Å². The number of Topliss-reactive ketones (excluding diaryl/α,β-unsaturated/α-hetero) is 1. The fourth-order valence-corrected chi connectivity index (χ4v) is 5.46. The lowest BCUT2D eigenvalue weighted by Crippen LogP contribution is -2.52. The van der Waals surface area contributed by atoms with Crippen molar-refractivity contribution in [2.24, 2.45) is 5.73 Å². The molecule has 36 heavy (non-hydrogen) atoms. The summed E-state index contributed by atoms with van der Waals surface area (Å²) in [6.07, 6.45) is -4.35. The number of hydrogen-bond donors (Lipinski definition) is 5. The van der Waals surface area contributed by atoms with E-state index in [4.69, 9.17) is 15.2 Å². The first-order valence-corrected chi connectivity index (χ1v) is 11.7. The Morgan fingerprint density at radius 1 is 1.11 bits per heavy atom. The Balaban J connectivity index is 1.68. The van der Waals surface area contributed by atoms with Gasteiger partial charge in [-0.05, 0) is 19.4 Å². The van der Waals surface area contributed by atoms with Gasteiger partial charge < -0.3 is 35.6 Å². The summed E-state index contributed by atoms with van der Waals surface area (Å²) in [5, 5.41) is 43.3. The number of carbonyl (C=O) groups is 3. The van der Waals surface area contributed by atoms with Crippen LogP contribution in [0.15, 0.2) is 24.3 Å². The van der Waals surface area contributed by atoms with E-state index in [9.17, 15) is 34.8 Å². The zero-order valence-corrected chi connectivity index (χ0v) is 19.7. The number of hydrogen-bond acceptors (Lipinski definition) is 10. The minimum Gasteiger partial charge on any atom is -0.504 e. The van der Waals surface area contributed by atoms with Gasteiger partial charge in [0.15, 0.2) is 35.1 Å². The largest absolute Gasteiger partial charge is 0.504 e. The van der Waals surface area contributed by atoms with E-state index in [1.165, 1.54) is 19.1 Å². The normalized spacial score (nSPS) is 31.4. The van der Waals surface area contributed by atoms with Gasteiger partial charge in [0.25, 0.3) is 0 Å². The molecule has 0 aromatic heterocycles. The van der Waals surface area contributed by atoms with Crippen molar-refractivity contribution in [1.82, 2.24) is 0 Å². The average molecular weight is 498 g/mol. The van der Waals surface area contributed by atoms with E-state index in [2.05, 4.69) is 0 Å². The molecule has 1 saturated heterocycles. The molecule has 10 heteroatoms. The minimum absolute atomic E-state index is 0.00588. The SMILES string of the molecule is CC(=O)[C@@]1(O)Cc2c3c(c(O)c(O)c2[C@H](O[C@H]2C[C@H](N)[C@H](O)[C@H](C)O2)C1)C(=O)c1ccccc1C3=O. The highest BCUT2D eigenvalue weighted by atomic mass is 16.7. The number of phenols is 2. The maximum absolute atomic E-state index is 13.6. The monoisotopic (exact) mass is 497 g/mol. The number of nitrogens with two attached hydrogens (primary N) is 1. The van der Waals surface area contributed by atoms with Gasteiger partial charge in [-0.1, -0.05) is 24.3 Å². The van der Waals surface area contributed by atoms with Crippen LogP contribution in [-0.4, -0.2) is 67.9 Å². The molecule has 2 aromatic carbocycles. The van der Waals surface area contributed by atoms with Crippen LogP contribution in [0.3, 0.4) is 0 Å². The number of carbonyl (C=O) groups excluding carboxylic acids is 3. The molecule has 1 aliphatic heterocycles. The van der Waals surface area contributed by atoms with E-state index in [0.29, 0.717) is 0 Å². The van der Waals surface area contributed by atoms with Gasteiger partial charge in [0.05, 0.1) is 23.9 Å². The second-order valence-corrected chi connectivity index (χ2v) is 9.80. The molecule has 2 aliphatic carbocycles. The van der Waals surface area contributed by atoms with Crippen LogP contribution >= 0.6 is 0 Å². The Hall–Kier alpha value is -3.15. The lowest BCUT2D eigenvalue weighted by Gasteiger charge is -2.42. The third-order valence-corrected chi connectivity index (χ3v) is 7.50. The van der Waals surface area contributed by atoms with Gasteiger partial charge >= 0.3 is 0 Å².